The van der Waals surface area contributed by atoms with Crippen molar-refractivity contribution in [1.29, 1.82) is 0 Å². The highest BCUT2D eigenvalue weighted by atomic mass is 16.9. The van der Waals surface area contributed by atoms with Gasteiger partial charge in [-0.05, 0) is 34.1 Å². The van der Waals surface area contributed by atoms with Gasteiger partial charge in [-0.15, -0.1) is 0 Å². The molecule has 5 heterocycles. The Balaban J connectivity index is 0.000000126. The summed E-state index contributed by atoms with van der Waals surface area (Å²) < 4.78 is 38.5. The molecule has 0 amide bonds. The van der Waals surface area contributed by atoms with Crippen LogP contribution in [0.3, 0.4) is 0 Å². The van der Waals surface area contributed by atoms with Crippen LogP contribution in [0.25, 0.3) is 0 Å². The van der Waals surface area contributed by atoms with Gasteiger partial charge in [0.1, 0.15) is 30.5 Å². The van der Waals surface area contributed by atoms with Crippen molar-refractivity contribution in [2.75, 3.05) is 6.61 Å². The second-order valence-electron chi connectivity index (χ2n) is 7.98. The molecule has 5 rings (SSSR count). The Labute approximate surface area is 147 Å². The number of hydrogen-bond acceptors (Lipinski definition) is 8. The van der Waals surface area contributed by atoms with Crippen molar-refractivity contribution < 1.29 is 38.3 Å². The molecule has 0 radical (unpaired) electrons. The Hall–Kier alpha value is -0.320. The molecular formula is C17H28O8. The Morgan fingerprint density at radius 1 is 0.840 bits per heavy atom. The van der Waals surface area contributed by atoms with Gasteiger partial charge in [-0.2, -0.15) is 0 Å². The van der Waals surface area contributed by atoms with Crippen LogP contribution in [0.15, 0.2) is 0 Å². The molecular weight excluding hydrogens is 332 g/mol. The molecule has 25 heavy (non-hydrogen) atoms. The largest absolute Gasteiger partial charge is 0.387 e. The highest BCUT2D eigenvalue weighted by molar-refractivity contribution is 4.98. The summed E-state index contributed by atoms with van der Waals surface area (Å²) in [4.78, 5) is 0. The maximum Gasteiger partial charge on any atom is 0.190 e. The first kappa shape index (κ1) is 18.1. The van der Waals surface area contributed by atoms with E-state index in [1.807, 2.05) is 34.6 Å². The number of rotatable bonds is 1. The topological polar surface area (TPSA) is 84.8 Å². The zero-order chi connectivity index (χ0) is 18.0. The van der Waals surface area contributed by atoms with Crippen LogP contribution in [-0.2, 0) is 33.2 Å². The predicted octanol–water partition coefficient (Wildman–Crippen LogP) is 0.895. The van der Waals surface area contributed by atoms with Crippen molar-refractivity contribution in [1.82, 2.24) is 0 Å². The van der Waals surface area contributed by atoms with Crippen LogP contribution in [0, 0.1) is 0 Å². The van der Waals surface area contributed by atoms with Crippen LogP contribution >= 0.6 is 0 Å². The van der Waals surface area contributed by atoms with Crippen LogP contribution in [0.1, 0.15) is 41.0 Å². The molecule has 1 N–H and O–H groups in total. The average Bonchev–Trinajstić information content (AvgIpc) is 3.10. The molecule has 5 fully saturated rings. The van der Waals surface area contributed by atoms with E-state index in [0.29, 0.717) is 6.61 Å². The van der Waals surface area contributed by atoms with Gasteiger partial charge in [0, 0.05) is 0 Å². The average molecular weight is 360 g/mol. The van der Waals surface area contributed by atoms with Gasteiger partial charge < -0.3 is 38.3 Å². The van der Waals surface area contributed by atoms with Gasteiger partial charge in [0.2, 0.25) is 0 Å². The fraction of sp³-hybridized carbons (Fsp3) is 1.00. The predicted molar refractivity (Wildman–Crippen MR) is 83.4 cm³/mol. The highest BCUT2D eigenvalue weighted by Gasteiger charge is 2.59. The van der Waals surface area contributed by atoms with Crippen molar-refractivity contribution in [3.05, 3.63) is 0 Å². The normalized spacial score (nSPS) is 51.1. The number of aliphatic hydroxyl groups is 1. The summed E-state index contributed by atoms with van der Waals surface area (Å²) in [6.07, 6.45) is -0.552. The van der Waals surface area contributed by atoms with Crippen molar-refractivity contribution in [3.8, 4) is 0 Å². The number of fused-ring (bicyclic) bond motifs is 4. The van der Waals surface area contributed by atoms with E-state index in [1.54, 1.807) is 0 Å². The third kappa shape index (κ3) is 3.23. The van der Waals surface area contributed by atoms with Gasteiger partial charge in [-0.3, -0.25) is 0 Å². The second-order valence-corrected chi connectivity index (χ2v) is 7.98. The first-order valence-electron chi connectivity index (χ1n) is 9.01. The molecule has 0 aromatic carbocycles. The van der Waals surface area contributed by atoms with Gasteiger partial charge in [0.05, 0.1) is 12.7 Å². The van der Waals surface area contributed by atoms with E-state index >= 15 is 0 Å². The summed E-state index contributed by atoms with van der Waals surface area (Å²) >= 11 is 0. The first-order valence-corrected chi connectivity index (χ1v) is 9.01. The van der Waals surface area contributed by atoms with Crippen molar-refractivity contribution in [2.45, 2.75) is 102 Å². The minimum Gasteiger partial charge on any atom is -0.387 e. The summed E-state index contributed by atoms with van der Waals surface area (Å²) in [5.74, 6) is -1.14. The van der Waals surface area contributed by atoms with Crippen molar-refractivity contribution >= 4 is 0 Å². The van der Waals surface area contributed by atoms with Gasteiger partial charge in [-0.1, -0.05) is 6.92 Å². The van der Waals surface area contributed by atoms with Crippen LogP contribution in [-0.4, -0.2) is 72.5 Å². The molecule has 144 valence electrons. The lowest BCUT2D eigenvalue weighted by Gasteiger charge is -2.32. The summed E-state index contributed by atoms with van der Waals surface area (Å²) in [5.41, 5.74) is 0. The summed E-state index contributed by atoms with van der Waals surface area (Å²) in [6, 6.07) is 0. The lowest BCUT2D eigenvalue weighted by molar-refractivity contribution is -0.253. The molecule has 0 bridgehead atoms. The summed E-state index contributed by atoms with van der Waals surface area (Å²) in [7, 11) is 0. The maximum atomic E-state index is 9.76. The standard InChI is InChI=1S/C9H16O4.C8H12O4/c1-4-5-6(10)7-8(11-5)13-9(2,3)12-7;1-8(2)11-6-5-4(3-9-5)10-7(6)12-8/h5-8,10H,4H2,1-3H3;4-7H,3H2,1-2H3/t5-,6+,7-,8-;4-,5+,6-,7-/m11/s1. The lowest BCUT2D eigenvalue weighted by atomic mass is 10.1. The monoisotopic (exact) mass is 360 g/mol. The molecule has 5 saturated heterocycles. The van der Waals surface area contributed by atoms with Crippen molar-refractivity contribution in [2.24, 2.45) is 0 Å². The minimum atomic E-state index is -0.630. The Kier molecular flexibility index (Phi) is 4.41. The van der Waals surface area contributed by atoms with E-state index in [9.17, 15) is 5.11 Å². The van der Waals surface area contributed by atoms with Crippen molar-refractivity contribution in [3.63, 3.8) is 0 Å². The fourth-order valence-electron chi connectivity index (χ4n) is 3.86. The van der Waals surface area contributed by atoms with E-state index in [-0.39, 0.29) is 36.8 Å². The maximum absolute atomic E-state index is 9.76. The zero-order valence-corrected chi connectivity index (χ0v) is 15.3. The number of aliphatic hydroxyl groups excluding tert-OH is 1. The number of ether oxygens (including phenoxy) is 7. The molecule has 5 aliphatic rings. The molecule has 0 saturated carbocycles. The highest BCUT2D eigenvalue weighted by Crippen LogP contribution is 2.42. The Bertz CT molecular complexity index is 509. The zero-order valence-electron chi connectivity index (χ0n) is 15.3. The van der Waals surface area contributed by atoms with E-state index in [2.05, 4.69) is 0 Å². The second kappa shape index (κ2) is 6.10. The SMILES string of the molecule is CC1(C)O[C@H]2O[C@@H]3CO[C@@H]3[C@H]2O1.CC[C@H]1O[C@@H]2OC(C)(C)O[C@@H]2[C@H]1O. The van der Waals surface area contributed by atoms with E-state index < -0.39 is 24.0 Å². The molecule has 0 unspecified atom stereocenters. The molecule has 0 spiro atoms. The quantitative estimate of drug-likeness (QED) is 0.738. The summed E-state index contributed by atoms with van der Waals surface area (Å²) in [5, 5.41) is 9.76. The number of hydrogen-bond donors (Lipinski definition) is 1. The van der Waals surface area contributed by atoms with Gasteiger partial charge in [0.25, 0.3) is 0 Å². The smallest absolute Gasteiger partial charge is 0.190 e. The third-order valence-electron chi connectivity index (χ3n) is 5.06. The molecule has 0 aromatic heterocycles. The van der Waals surface area contributed by atoms with Crippen LogP contribution in [0.2, 0.25) is 0 Å². The third-order valence-corrected chi connectivity index (χ3v) is 5.06. The van der Waals surface area contributed by atoms with Crippen LogP contribution < -0.4 is 0 Å². The van der Waals surface area contributed by atoms with Crippen LogP contribution in [0.4, 0.5) is 0 Å². The van der Waals surface area contributed by atoms with E-state index in [0.717, 1.165) is 6.42 Å². The fourth-order valence-corrected chi connectivity index (χ4v) is 3.86. The van der Waals surface area contributed by atoms with Gasteiger partial charge in [0.15, 0.2) is 24.2 Å². The minimum absolute atomic E-state index is 0.0150. The Morgan fingerprint density at radius 3 is 1.96 bits per heavy atom. The lowest BCUT2D eigenvalue weighted by Crippen LogP contribution is -2.48. The summed E-state index contributed by atoms with van der Waals surface area (Å²) in [6.45, 7) is 10.1. The van der Waals surface area contributed by atoms with Gasteiger partial charge >= 0.3 is 0 Å². The molecule has 8 heteroatoms. The molecule has 8 nitrogen and oxygen atoms in total. The Morgan fingerprint density at radius 2 is 1.44 bits per heavy atom. The van der Waals surface area contributed by atoms with Crippen LogP contribution in [0.5, 0.6) is 0 Å². The first-order chi connectivity index (χ1) is 11.7. The van der Waals surface area contributed by atoms with E-state index in [4.69, 9.17) is 33.2 Å². The van der Waals surface area contributed by atoms with Gasteiger partial charge in [-0.25, -0.2) is 0 Å². The van der Waals surface area contributed by atoms with E-state index in [1.165, 1.54) is 0 Å². The molecule has 8 atom stereocenters. The molecule has 0 aromatic rings. The molecule has 0 aliphatic carbocycles. The molecule has 5 aliphatic heterocycles.